The maximum absolute atomic E-state index is 13.6. The topological polar surface area (TPSA) is 125 Å². The van der Waals surface area contributed by atoms with E-state index in [1.165, 1.54) is 6.42 Å². The van der Waals surface area contributed by atoms with Gasteiger partial charge in [-0.25, -0.2) is 4.79 Å². The molecule has 2 unspecified atom stereocenters. The highest BCUT2D eigenvalue weighted by molar-refractivity contribution is 5.94. The fourth-order valence-electron chi connectivity index (χ4n) is 6.03. The van der Waals surface area contributed by atoms with Gasteiger partial charge in [0.15, 0.2) is 0 Å². The molecular formula is C28H41N5O4. The number of primary amides is 1. The van der Waals surface area contributed by atoms with E-state index < -0.39 is 23.9 Å². The Morgan fingerprint density at radius 1 is 0.892 bits per heavy atom. The Labute approximate surface area is 219 Å². The molecule has 37 heavy (non-hydrogen) atoms. The Bertz CT molecular complexity index is 943. The molecule has 4 N–H and O–H groups in total. The fourth-order valence-corrected chi connectivity index (χ4v) is 6.03. The molecule has 2 aliphatic carbocycles. The van der Waals surface area contributed by atoms with Crippen molar-refractivity contribution in [1.82, 2.24) is 15.1 Å². The molecule has 9 nitrogen and oxygen atoms in total. The van der Waals surface area contributed by atoms with Gasteiger partial charge in [-0.2, -0.15) is 0 Å². The minimum Gasteiger partial charge on any atom is -0.368 e. The normalized spacial score (nSPS) is 22.2. The third-order valence-electron chi connectivity index (χ3n) is 8.19. The smallest absolute Gasteiger partial charge is 0.321 e. The average molecular weight is 512 g/mol. The monoisotopic (exact) mass is 511 g/mol. The summed E-state index contributed by atoms with van der Waals surface area (Å²) < 4.78 is 0. The quantitative estimate of drug-likeness (QED) is 0.520. The van der Waals surface area contributed by atoms with Crippen molar-refractivity contribution in [1.29, 1.82) is 0 Å². The predicted molar refractivity (Wildman–Crippen MR) is 141 cm³/mol. The number of nitrogens with one attached hydrogen (secondary N) is 2. The summed E-state index contributed by atoms with van der Waals surface area (Å²) >= 11 is 0. The zero-order valence-corrected chi connectivity index (χ0v) is 21.7. The molecular weight excluding hydrogens is 470 g/mol. The molecule has 9 heteroatoms. The highest BCUT2D eigenvalue weighted by Crippen LogP contribution is 2.29. The van der Waals surface area contributed by atoms with Gasteiger partial charge in [-0.05, 0) is 37.3 Å². The van der Waals surface area contributed by atoms with Gasteiger partial charge < -0.3 is 26.2 Å². The standard InChI is InChI=1S/C28H41N5O4/c29-25(34)23(18-20-10-4-1-5-11-20)31-26(35)24-19-32(28(37)30-22-14-8-3-9-15-22)16-17-33(24)27(36)21-12-6-2-7-13-21/h3,8-9,14-15,20-21,23-24H,1-2,4-7,10-13,16-19H2,(H2,29,34)(H,30,37)(H,31,35). The zero-order chi connectivity index (χ0) is 26.2. The van der Waals surface area contributed by atoms with Crippen LogP contribution in [0.2, 0.25) is 0 Å². The summed E-state index contributed by atoms with van der Waals surface area (Å²) in [7, 11) is 0. The van der Waals surface area contributed by atoms with Crippen molar-refractivity contribution in [2.45, 2.75) is 82.7 Å². The largest absolute Gasteiger partial charge is 0.368 e. The Balaban J connectivity index is 1.47. The Morgan fingerprint density at radius 2 is 1.54 bits per heavy atom. The van der Waals surface area contributed by atoms with Crippen LogP contribution in [0.15, 0.2) is 30.3 Å². The lowest BCUT2D eigenvalue weighted by atomic mass is 9.84. The third-order valence-corrected chi connectivity index (χ3v) is 8.19. The second-order valence-electron chi connectivity index (χ2n) is 10.8. The molecule has 5 amide bonds. The van der Waals surface area contributed by atoms with Crippen molar-refractivity contribution in [3.05, 3.63) is 30.3 Å². The van der Waals surface area contributed by atoms with Crippen molar-refractivity contribution >= 4 is 29.4 Å². The first-order valence-corrected chi connectivity index (χ1v) is 13.9. The van der Waals surface area contributed by atoms with Crippen LogP contribution >= 0.6 is 0 Å². The lowest BCUT2D eigenvalue weighted by Crippen LogP contribution is -2.64. The summed E-state index contributed by atoms with van der Waals surface area (Å²) in [5.74, 6) is -0.737. The molecule has 1 aromatic rings. The number of benzene rings is 1. The maximum Gasteiger partial charge on any atom is 0.321 e. The van der Waals surface area contributed by atoms with Crippen LogP contribution in [0.4, 0.5) is 10.5 Å². The number of hydrogen-bond acceptors (Lipinski definition) is 4. The lowest BCUT2D eigenvalue weighted by Gasteiger charge is -2.42. The van der Waals surface area contributed by atoms with E-state index in [2.05, 4.69) is 10.6 Å². The van der Waals surface area contributed by atoms with Crippen LogP contribution < -0.4 is 16.4 Å². The van der Waals surface area contributed by atoms with E-state index >= 15 is 0 Å². The van der Waals surface area contributed by atoms with Gasteiger partial charge >= 0.3 is 6.03 Å². The molecule has 0 spiro atoms. The van der Waals surface area contributed by atoms with Crippen LogP contribution in [0.3, 0.4) is 0 Å². The Kier molecular flexibility index (Phi) is 9.41. The molecule has 202 valence electrons. The van der Waals surface area contributed by atoms with Crippen molar-refractivity contribution < 1.29 is 19.2 Å². The molecule has 3 aliphatic rings. The SMILES string of the molecule is NC(=O)C(CC1CCCCC1)NC(=O)C1CN(C(=O)Nc2ccccc2)CCN1C(=O)C1CCCCC1. The second kappa shape index (κ2) is 12.9. The van der Waals surface area contributed by atoms with Crippen molar-refractivity contribution in [2.75, 3.05) is 25.0 Å². The highest BCUT2D eigenvalue weighted by atomic mass is 16.2. The Hall–Kier alpha value is -3.10. The molecule has 1 aromatic carbocycles. The zero-order valence-electron chi connectivity index (χ0n) is 21.7. The minimum atomic E-state index is -0.863. The molecule has 4 rings (SSSR count). The molecule has 1 heterocycles. The molecule has 0 radical (unpaired) electrons. The van der Waals surface area contributed by atoms with Crippen molar-refractivity contribution in [3.63, 3.8) is 0 Å². The van der Waals surface area contributed by atoms with E-state index in [0.717, 1.165) is 57.8 Å². The molecule has 1 saturated heterocycles. The van der Waals surface area contributed by atoms with Crippen molar-refractivity contribution in [3.8, 4) is 0 Å². The summed E-state index contributed by atoms with van der Waals surface area (Å²) in [4.78, 5) is 55.6. The van der Waals surface area contributed by atoms with Crippen LogP contribution in [-0.2, 0) is 14.4 Å². The lowest BCUT2D eigenvalue weighted by molar-refractivity contribution is -0.147. The number of piperazine rings is 1. The summed E-state index contributed by atoms with van der Waals surface area (Å²) in [5, 5.41) is 5.73. The summed E-state index contributed by atoms with van der Waals surface area (Å²) in [6, 6.07) is 7.18. The fraction of sp³-hybridized carbons (Fsp3) is 0.643. The van der Waals surface area contributed by atoms with E-state index in [-0.39, 0.29) is 30.9 Å². The molecule has 0 aromatic heterocycles. The first-order chi connectivity index (χ1) is 17.9. The second-order valence-corrected chi connectivity index (χ2v) is 10.8. The van der Waals surface area contributed by atoms with Crippen LogP contribution in [-0.4, -0.2) is 65.3 Å². The number of hydrogen-bond donors (Lipinski definition) is 3. The number of urea groups is 1. The van der Waals surface area contributed by atoms with E-state index in [1.807, 2.05) is 18.2 Å². The average Bonchev–Trinajstić information content (AvgIpc) is 2.93. The number of nitrogens with zero attached hydrogens (tertiary/aromatic N) is 2. The van der Waals surface area contributed by atoms with Gasteiger partial charge in [-0.15, -0.1) is 0 Å². The summed E-state index contributed by atoms with van der Waals surface area (Å²) in [6.45, 7) is 0.680. The first kappa shape index (κ1) is 26.9. The number of carbonyl (C=O) groups is 4. The number of carbonyl (C=O) groups excluding carboxylic acids is 4. The van der Waals surface area contributed by atoms with Gasteiger partial charge in [0.25, 0.3) is 0 Å². The van der Waals surface area contributed by atoms with E-state index in [9.17, 15) is 19.2 Å². The van der Waals surface area contributed by atoms with Crippen molar-refractivity contribution in [2.24, 2.45) is 17.6 Å². The van der Waals surface area contributed by atoms with Gasteiger partial charge in [-0.3, -0.25) is 14.4 Å². The Morgan fingerprint density at radius 3 is 2.19 bits per heavy atom. The van der Waals surface area contributed by atoms with Gasteiger partial charge in [-0.1, -0.05) is 69.6 Å². The van der Waals surface area contributed by atoms with Gasteiger partial charge in [0.05, 0.1) is 6.54 Å². The number of nitrogens with two attached hydrogens (primary N) is 1. The minimum absolute atomic E-state index is 0.0223. The summed E-state index contributed by atoms with van der Waals surface area (Å²) in [5.41, 5.74) is 6.36. The van der Waals surface area contributed by atoms with Crippen LogP contribution in [0.5, 0.6) is 0 Å². The number of para-hydroxylation sites is 1. The van der Waals surface area contributed by atoms with Crippen LogP contribution in [0, 0.1) is 11.8 Å². The predicted octanol–water partition coefficient (Wildman–Crippen LogP) is 3.25. The van der Waals surface area contributed by atoms with Gasteiger partial charge in [0, 0.05) is 24.7 Å². The van der Waals surface area contributed by atoms with Gasteiger partial charge in [0.1, 0.15) is 12.1 Å². The van der Waals surface area contributed by atoms with E-state index in [0.29, 0.717) is 24.6 Å². The van der Waals surface area contributed by atoms with E-state index in [4.69, 9.17) is 5.73 Å². The molecule has 0 bridgehead atoms. The number of rotatable bonds is 7. The van der Waals surface area contributed by atoms with Crippen LogP contribution in [0.25, 0.3) is 0 Å². The molecule has 2 saturated carbocycles. The van der Waals surface area contributed by atoms with E-state index in [1.54, 1.807) is 21.9 Å². The first-order valence-electron chi connectivity index (χ1n) is 13.9. The van der Waals surface area contributed by atoms with Crippen LogP contribution in [0.1, 0.15) is 70.6 Å². The third kappa shape index (κ3) is 7.23. The molecule has 3 fully saturated rings. The summed E-state index contributed by atoms with van der Waals surface area (Å²) in [6.07, 6.45) is 10.8. The maximum atomic E-state index is 13.6. The van der Waals surface area contributed by atoms with Gasteiger partial charge in [0.2, 0.25) is 17.7 Å². The number of anilines is 1. The molecule has 1 aliphatic heterocycles. The number of amides is 5. The highest BCUT2D eigenvalue weighted by Gasteiger charge is 2.40. The molecule has 2 atom stereocenters.